The van der Waals surface area contributed by atoms with Crippen LogP contribution in [0.4, 0.5) is 5.69 Å². The summed E-state index contributed by atoms with van der Waals surface area (Å²) < 4.78 is 5.56. The third-order valence-corrected chi connectivity index (χ3v) is 5.29. The number of likely N-dealkylation sites (tertiary alicyclic amines) is 1. The van der Waals surface area contributed by atoms with Gasteiger partial charge in [-0.2, -0.15) is 0 Å². The van der Waals surface area contributed by atoms with Gasteiger partial charge in [0.2, 0.25) is 5.91 Å². The van der Waals surface area contributed by atoms with Gasteiger partial charge in [0.05, 0.1) is 11.7 Å². The maximum atomic E-state index is 13.3. The number of nitrogens with zero attached hydrogens (tertiary/aromatic N) is 2. The summed E-state index contributed by atoms with van der Waals surface area (Å²) in [6, 6.07) is 7.10. The first kappa shape index (κ1) is 22.0. The minimum Gasteiger partial charge on any atom is -0.379 e. The lowest BCUT2D eigenvalue weighted by Crippen LogP contribution is -2.38. The number of hydrogen-bond acceptors (Lipinski definition) is 5. The van der Waals surface area contributed by atoms with E-state index in [1.54, 1.807) is 24.3 Å². The molecule has 1 aromatic carbocycles. The second-order valence-corrected chi connectivity index (χ2v) is 8.06. The predicted octanol–water partition coefficient (Wildman–Crippen LogP) is 3.03. The van der Waals surface area contributed by atoms with Crippen molar-refractivity contribution < 1.29 is 19.1 Å². The molecule has 2 aliphatic rings. The van der Waals surface area contributed by atoms with Gasteiger partial charge in [0, 0.05) is 38.9 Å². The van der Waals surface area contributed by atoms with E-state index in [-0.39, 0.29) is 23.8 Å². The summed E-state index contributed by atoms with van der Waals surface area (Å²) in [5.74, 6) is -0.623. The molecule has 0 atom stereocenters. The van der Waals surface area contributed by atoms with E-state index in [2.05, 4.69) is 10.2 Å². The molecule has 0 unspecified atom stereocenters. The van der Waals surface area contributed by atoms with E-state index in [0.717, 1.165) is 32.4 Å². The standard InChI is InChI=1S/C23H31N3O4/c1-16(2)30-15-7-14-26-22(28)20(18-8-10-19(11-9-18)24-17(3)27)21(23(26)29)25-12-5-4-6-13-25/h8-11,16H,4-7,12-15H2,1-3H3,(H,24,27). The van der Waals surface area contributed by atoms with Crippen LogP contribution in [0, 0.1) is 0 Å². The molecular formula is C23H31N3O4. The lowest BCUT2D eigenvalue weighted by molar-refractivity contribution is -0.137. The van der Waals surface area contributed by atoms with Gasteiger partial charge in [-0.15, -0.1) is 0 Å². The Balaban J connectivity index is 1.86. The number of imide groups is 1. The fourth-order valence-corrected chi connectivity index (χ4v) is 3.90. The zero-order chi connectivity index (χ0) is 21.7. The van der Waals surface area contributed by atoms with Crippen molar-refractivity contribution in [3.63, 3.8) is 0 Å². The smallest absolute Gasteiger partial charge is 0.277 e. The second kappa shape index (κ2) is 9.89. The van der Waals surface area contributed by atoms with E-state index < -0.39 is 0 Å². The van der Waals surface area contributed by atoms with Crippen molar-refractivity contribution in [3.8, 4) is 0 Å². The molecule has 3 amide bonds. The van der Waals surface area contributed by atoms with Crippen molar-refractivity contribution in [1.29, 1.82) is 0 Å². The summed E-state index contributed by atoms with van der Waals surface area (Å²) in [6.07, 6.45) is 3.90. The summed E-state index contributed by atoms with van der Waals surface area (Å²) in [5.41, 5.74) is 2.33. The van der Waals surface area contributed by atoms with Gasteiger partial charge >= 0.3 is 0 Å². The number of anilines is 1. The van der Waals surface area contributed by atoms with Gasteiger partial charge in [-0.25, -0.2) is 0 Å². The van der Waals surface area contributed by atoms with Gasteiger partial charge in [0.15, 0.2) is 0 Å². The summed E-state index contributed by atoms with van der Waals surface area (Å²) >= 11 is 0. The number of amides is 3. The first-order valence-electron chi connectivity index (χ1n) is 10.7. The van der Waals surface area contributed by atoms with E-state index in [1.165, 1.54) is 11.8 Å². The van der Waals surface area contributed by atoms with Gasteiger partial charge in [0.1, 0.15) is 5.70 Å². The molecule has 162 valence electrons. The van der Waals surface area contributed by atoms with Crippen LogP contribution in [0.2, 0.25) is 0 Å². The lowest BCUT2D eigenvalue weighted by atomic mass is 10.0. The van der Waals surface area contributed by atoms with Crippen LogP contribution in [0.5, 0.6) is 0 Å². The fourth-order valence-electron chi connectivity index (χ4n) is 3.90. The molecular weight excluding hydrogens is 382 g/mol. The van der Waals surface area contributed by atoms with Crippen LogP contribution in [-0.4, -0.2) is 59.9 Å². The van der Waals surface area contributed by atoms with E-state index in [4.69, 9.17) is 4.74 Å². The molecule has 1 aromatic rings. The maximum absolute atomic E-state index is 13.3. The highest BCUT2D eigenvalue weighted by Crippen LogP contribution is 2.33. The highest BCUT2D eigenvalue weighted by atomic mass is 16.5. The molecule has 1 fully saturated rings. The SMILES string of the molecule is CC(=O)Nc1ccc(C2=C(N3CCCCC3)C(=O)N(CCCOC(C)C)C2=O)cc1. The Morgan fingerprint density at radius 2 is 1.73 bits per heavy atom. The van der Waals surface area contributed by atoms with E-state index >= 15 is 0 Å². The molecule has 3 rings (SSSR count). The van der Waals surface area contributed by atoms with Crippen LogP contribution in [0.3, 0.4) is 0 Å². The average Bonchev–Trinajstić information content (AvgIpc) is 2.96. The topological polar surface area (TPSA) is 79.0 Å². The number of benzene rings is 1. The Hall–Kier alpha value is -2.67. The summed E-state index contributed by atoms with van der Waals surface area (Å²) in [4.78, 5) is 41.2. The van der Waals surface area contributed by atoms with Crippen LogP contribution in [0.15, 0.2) is 30.0 Å². The quantitative estimate of drug-likeness (QED) is 0.524. The summed E-state index contributed by atoms with van der Waals surface area (Å²) in [6.45, 7) is 7.79. The van der Waals surface area contributed by atoms with Gasteiger partial charge in [-0.3, -0.25) is 19.3 Å². The van der Waals surface area contributed by atoms with E-state index in [1.807, 2.05) is 13.8 Å². The molecule has 1 N–H and O–H groups in total. The number of ether oxygens (including phenoxy) is 1. The number of carbonyl (C=O) groups excluding carboxylic acids is 3. The normalized spacial score (nSPS) is 17.3. The molecule has 7 nitrogen and oxygen atoms in total. The predicted molar refractivity (Wildman–Crippen MR) is 116 cm³/mol. The molecule has 0 saturated carbocycles. The Labute approximate surface area is 178 Å². The minimum absolute atomic E-state index is 0.120. The third-order valence-electron chi connectivity index (χ3n) is 5.29. The molecule has 2 heterocycles. The average molecular weight is 414 g/mol. The van der Waals surface area contributed by atoms with Crippen molar-refractivity contribution in [1.82, 2.24) is 9.80 Å². The Morgan fingerprint density at radius 3 is 2.33 bits per heavy atom. The summed E-state index contributed by atoms with van der Waals surface area (Å²) in [7, 11) is 0. The van der Waals surface area contributed by atoms with Gasteiger partial charge in [0.25, 0.3) is 11.8 Å². The van der Waals surface area contributed by atoms with Gasteiger partial charge < -0.3 is 15.0 Å². The number of rotatable bonds is 8. The molecule has 30 heavy (non-hydrogen) atoms. The number of nitrogens with one attached hydrogen (secondary N) is 1. The van der Waals surface area contributed by atoms with Crippen LogP contribution in [0.25, 0.3) is 5.57 Å². The highest BCUT2D eigenvalue weighted by Gasteiger charge is 2.41. The minimum atomic E-state index is -0.252. The van der Waals surface area contributed by atoms with Crippen molar-refractivity contribution in [2.45, 2.75) is 52.6 Å². The van der Waals surface area contributed by atoms with Crippen molar-refractivity contribution in [3.05, 3.63) is 35.5 Å². The first-order valence-corrected chi connectivity index (χ1v) is 10.7. The Morgan fingerprint density at radius 1 is 1.07 bits per heavy atom. The van der Waals surface area contributed by atoms with Crippen molar-refractivity contribution in [2.75, 3.05) is 31.6 Å². The third kappa shape index (κ3) is 5.08. The largest absolute Gasteiger partial charge is 0.379 e. The molecule has 0 radical (unpaired) electrons. The zero-order valence-corrected chi connectivity index (χ0v) is 18.1. The van der Waals surface area contributed by atoms with Gasteiger partial charge in [-0.05, 0) is 57.2 Å². The fraction of sp³-hybridized carbons (Fsp3) is 0.522. The summed E-state index contributed by atoms with van der Waals surface area (Å²) in [5, 5.41) is 2.73. The lowest BCUT2D eigenvalue weighted by Gasteiger charge is -2.29. The maximum Gasteiger partial charge on any atom is 0.277 e. The van der Waals surface area contributed by atoms with E-state index in [0.29, 0.717) is 42.1 Å². The second-order valence-electron chi connectivity index (χ2n) is 8.06. The monoisotopic (exact) mass is 413 g/mol. The molecule has 0 spiro atoms. The zero-order valence-electron chi connectivity index (χ0n) is 18.1. The van der Waals surface area contributed by atoms with Gasteiger partial charge in [-0.1, -0.05) is 12.1 Å². The molecule has 0 bridgehead atoms. The molecule has 7 heteroatoms. The van der Waals surface area contributed by atoms with Crippen molar-refractivity contribution in [2.24, 2.45) is 0 Å². The molecule has 0 aromatic heterocycles. The van der Waals surface area contributed by atoms with E-state index in [9.17, 15) is 14.4 Å². The Kier molecular flexibility index (Phi) is 7.26. The number of piperidine rings is 1. The van der Waals surface area contributed by atoms with Crippen LogP contribution in [-0.2, 0) is 19.1 Å². The molecule has 2 aliphatic heterocycles. The highest BCUT2D eigenvalue weighted by molar-refractivity contribution is 6.35. The molecule has 1 saturated heterocycles. The van der Waals surface area contributed by atoms with Crippen molar-refractivity contribution >= 4 is 29.0 Å². The first-order chi connectivity index (χ1) is 14.4. The number of carbonyl (C=O) groups is 3. The molecule has 0 aliphatic carbocycles. The Bertz CT molecular complexity index is 823. The van der Waals surface area contributed by atoms with Crippen LogP contribution >= 0.6 is 0 Å². The van der Waals surface area contributed by atoms with Crippen LogP contribution < -0.4 is 5.32 Å². The number of hydrogen-bond donors (Lipinski definition) is 1. The van der Waals surface area contributed by atoms with Crippen LogP contribution in [0.1, 0.15) is 52.0 Å².